The van der Waals surface area contributed by atoms with Crippen LogP contribution < -0.4 is 4.90 Å². The summed E-state index contributed by atoms with van der Waals surface area (Å²) in [6.45, 7) is 3.83. The van der Waals surface area contributed by atoms with Crippen LogP contribution in [0.4, 0.5) is 10.2 Å². The van der Waals surface area contributed by atoms with Crippen LogP contribution in [0.15, 0.2) is 42.6 Å². The summed E-state index contributed by atoms with van der Waals surface area (Å²) in [5, 5.41) is 0. The molecule has 1 aromatic carbocycles. The first-order valence-electron chi connectivity index (χ1n) is 11.7. The molecule has 2 saturated heterocycles. The number of piperidine rings is 1. The summed E-state index contributed by atoms with van der Waals surface area (Å²) in [7, 11) is 3.93. The molecule has 3 heterocycles. The van der Waals surface area contributed by atoms with Gasteiger partial charge in [-0.3, -0.25) is 9.59 Å². The van der Waals surface area contributed by atoms with Gasteiger partial charge >= 0.3 is 0 Å². The third kappa shape index (κ3) is 4.87. The van der Waals surface area contributed by atoms with E-state index in [1.165, 1.54) is 6.07 Å². The van der Waals surface area contributed by atoms with Crippen LogP contribution in [-0.4, -0.2) is 60.3 Å². The molecule has 2 aliphatic heterocycles. The van der Waals surface area contributed by atoms with E-state index >= 15 is 0 Å². The first kappa shape index (κ1) is 23.2. The highest BCUT2D eigenvalue weighted by molar-refractivity contribution is 5.84. The van der Waals surface area contributed by atoms with Crippen LogP contribution in [0.2, 0.25) is 0 Å². The molecular formula is C26H33FN4O2. The molecular weight excluding hydrogens is 419 g/mol. The maximum Gasteiger partial charge on any atom is 0.229 e. The number of rotatable bonds is 5. The number of likely N-dealkylation sites (tertiary alicyclic amines) is 2. The van der Waals surface area contributed by atoms with Gasteiger partial charge in [0.15, 0.2) is 0 Å². The highest BCUT2D eigenvalue weighted by atomic mass is 19.1. The van der Waals surface area contributed by atoms with Crippen molar-refractivity contribution >= 4 is 17.6 Å². The molecule has 0 radical (unpaired) electrons. The maximum absolute atomic E-state index is 13.9. The van der Waals surface area contributed by atoms with Crippen LogP contribution in [0.5, 0.6) is 0 Å². The van der Waals surface area contributed by atoms with E-state index in [1.54, 1.807) is 23.1 Å². The molecule has 0 aliphatic carbocycles. The number of anilines is 1. The minimum absolute atomic E-state index is 0.0573. The van der Waals surface area contributed by atoms with Crippen molar-refractivity contribution < 1.29 is 14.0 Å². The number of pyridine rings is 1. The van der Waals surface area contributed by atoms with Crippen molar-refractivity contribution in [2.45, 2.75) is 45.1 Å². The average Bonchev–Trinajstić information content (AvgIpc) is 3.30. The minimum Gasteiger partial charge on any atom is -0.363 e. The molecule has 2 aromatic rings. The Labute approximate surface area is 195 Å². The Kier molecular flexibility index (Phi) is 6.68. The van der Waals surface area contributed by atoms with Crippen LogP contribution in [0, 0.1) is 11.2 Å². The minimum atomic E-state index is -0.491. The number of carbonyl (C=O) groups excluding carboxylic acids is 2. The van der Waals surface area contributed by atoms with E-state index in [9.17, 15) is 14.0 Å². The Morgan fingerprint density at radius 1 is 1.15 bits per heavy atom. The number of hydrogen-bond acceptors (Lipinski definition) is 4. The SMILES string of the molecule is CN(C)c1cc([C@H]2CCCN2C(=O)C2(C)CCN(C(=O)Cc3ccccc3F)CC2)ccn1. The fourth-order valence-corrected chi connectivity index (χ4v) is 4.97. The second-order valence-electron chi connectivity index (χ2n) is 9.71. The van der Waals surface area contributed by atoms with E-state index in [2.05, 4.69) is 11.1 Å². The third-order valence-electron chi connectivity index (χ3n) is 7.16. The van der Waals surface area contributed by atoms with Crippen LogP contribution in [-0.2, 0) is 16.0 Å². The van der Waals surface area contributed by atoms with Crippen molar-refractivity contribution in [3.05, 3.63) is 59.5 Å². The molecule has 0 spiro atoms. The second-order valence-corrected chi connectivity index (χ2v) is 9.71. The smallest absolute Gasteiger partial charge is 0.229 e. The molecule has 2 fully saturated rings. The topological polar surface area (TPSA) is 56.8 Å². The Hall–Kier alpha value is -2.96. The first-order valence-corrected chi connectivity index (χ1v) is 11.7. The Bertz CT molecular complexity index is 1020. The fraction of sp³-hybridized carbons (Fsp3) is 0.500. The number of nitrogens with zero attached hydrogens (tertiary/aromatic N) is 4. The van der Waals surface area contributed by atoms with Gasteiger partial charge in [-0.1, -0.05) is 25.1 Å². The molecule has 6 nitrogen and oxygen atoms in total. The van der Waals surface area contributed by atoms with Gasteiger partial charge in [0.05, 0.1) is 12.5 Å². The Morgan fingerprint density at radius 2 is 1.88 bits per heavy atom. The van der Waals surface area contributed by atoms with Gasteiger partial charge in [-0.2, -0.15) is 0 Å². The molecule has 33 heavy (non-hydrogen) atoms. The molecule has 2 aliphatic rings. The summed E-state index contributed by atoms with van der Waals surface area (Å²) in [6.07, 6.45) is 5.05. The number of aromatic nitrogens is 1. The van der Waals surface area contributed by atoms with Crippen LogP contribution >= 0.6 is 0 Å². The summed E-state index contributed by atoms with van der Waals surface area (Å²) in [5.41, 5.74) is 1.05. The molecule has 1 aromatic heterocycles. The van der Waals surface area contributed by atoms with E-state index in [0.717, 1.165) is 30.8 Å². The van der Waals surface area contributed by atoms with E-state index in [-0.39, 0.29) is 30.1 Å². The average molecular weight is 453 g/mol. The van der Waals surface area contributed by atoms with Crippen molar-refractivity contribution in [3.8, 4) is 0 Å². The largest absolute Gasteiger partial charge is 0.363 e. The number of halogens is 1. The summed E-state index contributed by atoms with van der Waals surface area (Å²) >= 11 is 0. The first-order chi connectivity index (χ1) is 15.8. The highest BCUT2D eigenvalue weighted by Gasteiger charge is 2.43. The van der Waals surface area contributed by atoms with Crippen molar-refractivity contribution in [2.75, 3.05) is 38.6 Å². The second kappa shape index (κ2) is 9.49. The van der Waals surface area contributed by atoms with E-state index in [1.807, 2.05) is 43.1 Å². The molecule has 7 heteroatoms. The zero-order valence-corrected chi connectivity index (χ0v) is 19.8. The van der Waals surface area contributed by atoms with Crippen molar-refractivity contribution in [1.29, 1.82) is 0 Å². The molecule has 0 saturated carbocycles. The molecule has 0 unspecified atom stereocenters. The van der Waals surface area contributed by atoms with Gasteiger partial charge in [0.25, 0.3) is 0 Å². The molecule has 0 N–H and O–H groups in total. The van der Waals surface area contributed by atoms with Crippen LogP contribution in [0.3, 0.4) is 0 Å². The van der Waals surface area contributed by atoms with Gasteiger partial charge in [-0.15, -0.1) is 0 Å². The summed E-state index contributed by atoms with van der Waals surface area (Å²) in [5.74, 6) is 0.632. The van der Waals surface area contributed by atoms with Crippen LogP contribution in [0.25, 0.3) is 0 Å². The van der Waals surface area contributed by atoms with Gasteiger partial charge in [0, 0.05) is 45.3 Å². The number of carbonyl (C=O) groups is 2. The van der Waals surface area contributed by atoms with E-state index < -0.39 is 5.41 Å². The van der Waals surface area contributed by atoms with Crippen molar-refractivity contribution in [3.63, 3.8) is 0 Å². The molecule has 4 rings (SSSR count). The monoisotopic (exact) mass is 452 g/mol. The lowest BCUT2D eigenvalue weighted by Crippen LogP contribution is -2.50. The molecule has 0 bridgehead atoms. The Balaban J connectivity index is 1.41. The number of hydrogen-bond donors (Lipinski definition) is 0. The van der Waals surface area contributed by atoms with Gasteiger partial charge in [0.1, 0.15) is 11.6 Å². The van der Waals surface area contributed by atoms with Crippen molar-refractivity contribution in [1.82, 2.24) is 14.8 Å². The number of benzene rings is 1. The standard InChI is InChI=1S/C26H33FN4O2/c1-26(11-15-30(16-12-26)24(32)18-19-7-4-5-8-21(19)27)25(33)31-14-6-9-22(31)20-10-13-28-23(17-20)29(2)3/h4-5,7-8,10,13,17,22H,6,9,11-12,14-16,18H2,1-3H3/t22-/m1/s1. The lowest BCUT2D eigenvalue weighted by atomic mass is 9.78. The number of amides is 2. The van der Waals surface area contributed by atoms with E-state index in [4.69, 9.17) is 0 Å². The summed E-state index contributed by atoms with van der Waals surface area (Å²) in [4.78, 5) is 36.6. The van der Waals surface area contributed by atoms with Gasteiger partial charge < -0.3 is 14.7 Å². The summed E-state index contributed by atoms with van der Waals surface area (Å²) < 4.78 is 13.9. The normalized spacial score (nSPS) is 20.1. The van der Waals surface area contributed by atoms with Gasteiger partial charge in [-0.25, -0.2) is 9.37 Å². The highest BCUT2D eigenvalue weighted by Crippen LogP contribution is 2.40. The fourth-order valence-electron chi connectivity index (χ4n) is 4.97. The molecule has 176 valence electrons. The quantitative estimate of drug-likeness (QED) is 0.692. The van der Waals surface area contributed by atoms with Crippen molar-refractivity contribution in [2.24, 2.45) is 5.41 Å². The lowest BCUT2D eigenvalue weighted by molar-refractivity contribution is -0.148. The predicted molar refractivity (Wildman–Crippen MR) is 126 cm³/mol. The summed E-state index contributed by atoms with van der Waals surface area (Å²) in [6, 6.07) is 10.5. The lowest BCUT2D eigenvalue weighted by Gasteiger charge is -2.41. The zero-order chi connectivity index (χ0) is 23.6. The predicted octanol–water partition coefficient (Wildman–Crippen LogP) is 3.82. The van der Waals surface area contributed by atoms with Crippen LogP contribution in [0.1, 0.15) is 49.8 Å². The van der Waals surface area contributed by atoms with E-state index in [0.29, 0.717) is 31.5 Å². The Morgan fingerprint density at radius 3 is 2.58 bits per heavy atom. The van der Waals surface area contributed by atoms with Gasteiger partial charge in [0.2, 0.25) is 11.8 Å². The third-order valence-corrected chi connectivity index (χ3v) is 7.16. The zero-order valence-electron chi connectivity index (χ0n) is 19.8. The van der Waals surface area contributed by atoms with Gasteiger partial charge in [-0.05, 0) is 55.0 Å². The molecule has 1 atom stereocenters. The maximum atomic E-state index is 13.9. The molecule has 2 amide bonds.